The number of nitrogens with two attached hydrogens (primary N) is 1. The maximum Gasteiger partial charge on any atom is 0.239 e. The average Bonchev–Trinajstić information content (AvgIpc) is 3.33. The van der Waals surface area contributed by atoms with Crippen LogP contribution in [0.3, 0.4) is 0 Å². The summed E-state index contributed by atoms with van der Waals surface area (Å²) in [6, 6.07) is 1.68. The molecule has 1 aromatic heterocycles. The predicted molar refractivity (Wildman–Crippen MR) is 96.7 cm³/mol. The van der Waals surface area contributed by atoms with E-state index in [-0.39, 0.29) is 11.8 Å². The lowest BCUT2D eigenvalue weighted by Gasteiger charge is -2.36. The van der Waals surface area contributed by atoms with Crippen molar-refractivity contribution in [3.63, 3.8) is 0 Å². The van der Waals surface area contributed by atoms with Gasteiger partial charge in [-0.05, 0) is 35.3 Å². The molecule has 0 aromatic carbocycles. The highest BCUT2D eigenvalue weighted by molar-refractivity contribution is 9.10. The van der Waals surface area contributed by atoms with Gasteiger partial charge < -0.3 is 15.4 Å². The van der Waals surface area contributed by atoms with E-state index in [0.29, 0.717) is 47.9 Å². The molecule has 2 N–H and O–H groups in total. The van der Waals surface area contributed by atoms with Crippen LogP contribution in [0, 0.1) is 11.9 Å². The molecule has 0 spiro atoms. The fraction of sp³-hybridized carbons (Fsp3) is 0.562. The van der Waals surface area contributed by atoms with Crippen LogP contribution in [-0.4, -0.2) is 52.0 Å². The summed E-state index contributed by atoms with van der Waals surface area (Å²) in [4.78, 5) is 23.3. The topological polar surface area (TPSA) is 80.8 Å². The molecule has 4 rings (SSSR count). The number of nitrogens with zero attached hydrogens (tertiary/aromatic N) is 3. The number of rotatable bonds is 2. The number of amidine groups is 1. The quantitative estimate of drug-likeness (QED) is 0.727. The molecule has 2 aliphatic heterocycles. The number of aliphatic imine (C=N–C) groups is 1. The first-order valence-electron chi connectivity index (χ1n) is 8.10. The van der Waals surface area contributed by atoms with Gasteiger partial charge >= 0.3 is 0 Å². The molecule has 1 aromatic rings. The van der Waals surface area contributed by atoms with Crippen molar-refractivity contribution in [2.45, 2.75) is 23.6 Å². The van der Waals surface area contributed by atoms with Gasteiger partial charge in [-0.3, -0.25) is 9.79 Å². The number of aromatic nitrogens is 1. The molecular formula is C16H18BrFN4O2S. The summed E-state index contributed by atoms with van der Waals surface area (Å²) in [7, 11) is 0. The zero-order chi connectivity index (χ0) is 17.8. The second-order valence-electron chi connectivity index (χ2n) is 6.74. The number of halogens is 2. The van der Waals surface area contributed by atoms with Crippen molar-refractivity contribution in [1.29, 1.82) is 0 Å². The van der Waals surface area contributed by atoms with E-state index in [1.165, 1.54) is 18.0 Å². The molecule has 9 heteroatoms. The summed E-state index contributed by atoms with van der Waals surface area (Å²) in [5, 5.41) is 0.317. The third-order valence-corrected chi connectivity index (χ3v) is 6.95. The van der Waals surface area contributed by atoms with Crippen molar-refractivity contribution in [1.82, 2.24) is 9.88 Å². The van der Waals surface area contributed by atoms with E-state index in [4.69, 9.17) is 10.5 Å². The van der Waals surface area contributed by atoms with Crippen LogP contribution < -0.4 is 5.73 Å². The number of carbonyl (C=O) groups is 1. The number of thioether (sulfide) groups is 1. The van der Waals surface area contributed by atoms with Gasteiger partial charge in [0.25, 0.3) is 0 Å². The molecule has 1 saturated carbocycles. The second-order valence-corrected chi connectivity index (χ2v) is 9.01. The van der Waals surface area contributed by atoms with Crippen LogP contribution in [0.15, 0.2) is 21.7 Å². The van der Waals surface area contributed by atoms with Gasteiger partial charge in [-0.2, -0.15) is 4.39 Å². The number of morpholine rings is 1. The van der Waals surface area contributed by atoms with E-state index in [0.717, 1.165) is 0 Å². The summed E-state index contributed by atoms with van der Waals surface area (Å²) in [5.74, 6) is -0.634. The fourth-order valence-corrected chi connectivity index (χ4v) is 5.64. The molecule has 1 amide bonds. The lowest BCUT2D eigenvalue weighted by molar-refractivity contribution is -0.135. The molecule has 1 aliphatic carbocycles. The Morgan fingerprint density at radius 2 is 2.24 bits per heavy atom. The Balaban J connectivity index is 1.71. The number of fused-ring (bicyclic) bond motifs is 1. The number of amides is 1. The number of pyridine rings is 1. The van der Waals surface area contributed by atoms with Crippen LogP contribution in [0.25, 0.3) is 0 Å². The maximum atomic E-state index is 14.4. The van der Waals surface area contributed by atoms with Crippen molar-refractivity contribution in [3.05, 3.63) is 28.2 Å². The molecule has 0 unspecified atom stereocenters. The van der Waals surface area contributed by atoms with Crippen molar-refractivity contribution < 1.29 is 13.9 Å². The summed E-state index contributed by atoms with van der Waals surface area (Å²) < 4.78 is 19.8. The number of hydrogen-bond donors (Lipinski definition) is 1. The molecule has 3 heterocycles. The molecule has 2 fully saturated rings. The zero-order valence-electron chi connectivity index (χ0n) is 13.7. The van der Waals surface area contributed by atoms with Gasteiger partial charge in [0.1, 0.15) is 4.75 Å². The minimum atomic E-state index is -0.905. The van der Waals surface area contributed by atoms with Gasteiger partial charge in [-0.15, -0.1) is 0 Å². The normalized spacial score (nSPS) is 34.3. The molecule has 134 valence electrons. The van der Waals surface area contributed by atoms with Crippen LogP contribution in [0.4, 0.5) is 4.39 Å². The van der Waals surface area contributed by atoms with E-state index in [2.05, 4.69) is 25.9 Å². The average molecular weight is 429 g/mol. The van der Waals surface area contributed by atoms with Crippen molar-refractivity contribution >= 4 is 38.8 Å². The highest BCUT2D eigenvalue weighted by atomic mass is 79.9. The molecule has 0 radical (unpaired) electrons. The molecule has 1 saturated heterocycles. The lowest BCUT2D eigenvalue weighted by atomic mass is 9.86. The van der Waals surface area contributed by atoms with E-state index in [1.54, 1.807) is 6.07 Å². The van der Waals surface area contributed by atoms with Crippen molar-refractivity contribution in [2.75, 3.05) is 26.3 Å². The van der Waals surface area contributed by atoms with Gasteiger partial charge in [0.05, 0.1) is 18.8 Å². The highest BCUT2D eigenvalue weighted by Gasteiger charge is 2.71. The van der Waals surface area contributed by atoms with Crippen LogP contribution in [0.2, 0.25) is 0 Å². The first-order chi connectivity index (χ1) is 11.9. The van der Waals surface area contributed by atoms with Crippen molar-refractivity contribution in [2.24, 2.45) is 16.6 Å². The third-order valence-electron chi connectivity index (χ3n) is 5.23. The SMILES string of the molecule is C[C@]1(c2cc(Br)cnc2F)N=C(N)S[C@@]2(C(=O)N3CCOCC3)C[C@H]21. The largest absolute Gasteiger partial charge is 0.378 e. The van der Waals surface area contributed by atoms with Gasteiger partial charge in [-0.25, -0.2) is 4.98 Å². The Bertz CT molecular complexity index is 773. The fourth-order valence-electron chi connectivity index (χ4n) is 3.87. The van der Waals surface area contributed by atoms with E-state index in [9.17, 15) is 9.18 Å². The minimum absolute atomic E-state index is 0.0539. The Kier molecular flexibility index (Phi) is 4.08. The number of carbonyl (C=O) groups excluding carboxylic acids is 1. The molecule has 3 aliphatic rings. The highest BCUT2D eigenvalue weighted by Crippen LogP contribution is 2.66. The van der Waals surface area contributed by atoms with Gasteiger partial charge in [0.15, 0.2) is 5.17 Å². The van der Waals surface area contributed by atoms with Crippen LogP contribution in [-0.2, 0) is 15.1 Å². The Hall–Kier alpha value is -1.19. The number of hydrogen-bond acceptors (Lipinski definition) is 6. The smallest absolute Gasteiger partial charge is 0.239 e. The summed E-state index contributed by atoms with van der Waals surface area (Å²) >= 11 is 4.65. The monoisotopic (exact) mass is 428 g/mol. The lowest BCUT2D eigenvalue weighted by Crippen LogP contribution is -2.49. The first kappa shape index (κ1) is 17.2. The Morgan fingerprint density at radius 3 is 2.96 bits per heavy atom. The molecule has 6 nitrogen and oxygen atoms in total. The predicted octanol–water partition coefficient (Wildman–Crippen LogP) is 1.88. The summed E-state index contributed by atoms with van der Waals surface area (Å²) in [6.45, 7) is 4.08. The Morgan fingerprint density at radius 1 is 1.52 bits per heavy atom. The maximum absolute atomic E-state index is 14.4. The second kappa shape index (κ2) is 5.92. The molecule has 0 bridgehead atoms. The van der Waals surface area contributed by atoms with Crippen LogP contribution >= 0.6 is 27.7 Å². The zero-order valence-corrected chi connectivity index (χ0v) is 16.1. The third kappa shape index (κ3) is 2.67. The van der Waals surface area contributed by atoms with E-state index < -0.39 is 16.2 Å². The van der Waals surface area contributed by atoms with Gasteiger partial charge in [0, 0.05) is 35.2 Å². The Labute approximate surface area is 157 Å². The van der Waals surface area contributed by atoms with Crippen LogP contribution in [0.5, 0.6) is 0 Å². The van der Waals surface area contributed by atoms with Crippen LogP contribution in [0.1, 0.15) is 18.9 Å². The van der Waals surface area contributed by atoms with Gasteiger partial charge in [0.2, 0.25) is 11.9 Å². The molecular weight excluding hydrogens is 411 g/mol. The number of ether oxygens (including phenoxy) is 1. The van der Waals surface area contributed by atoms with Gasteiger partial charge in [-0.1, -0.05) is 11.8 Å². The van der Waals surface area contributed by atoms with E-state index >= 15 is 0 Å². The molecule has 3 atom stereocenters. The summed E-state index contributed by atoms with van der Waals surface area (Å²) in [6.07, 6.45) is 2.03. The van der Waals surface area contributed by atoms with Crippen molar-refractivity contribution in [3.8, 4) is 0 Å². The summed E-state index contributed by atoms with van der Waals surface area (Å²) in [5.41, 5.74) is 5.53. The van der Waals surface area contributed by atoms with E-state index in [1.807, 2.05) is 11.8 Å². The standard InChI is InChI=1S/C16H18BrFN4O2S/c1-15(10-6-9(17)8-20-12(10)18)11-7-16(11,25-14(19)21-15)13(23)22-2-4-24-5-3-22/h6,8,11H,2-5,7H2,1H3,(H2,19,21)/t11-,15+,16-/m0/s1. The molecule has 25 heavy (non-hydrogen) atoms. The minimum Gasteiger partial charge on any atom is -0.378 e. The first-order valence-corrected chi connectivity index (χ1v) is 9.71.